The van der Waals surface area contributed by atoms with Crippen molar-refractivity contribution in [2.75, 3.05) is 13.1 Å². The van der Waals surface area contributed by atoms with Crippen LogP contribution in [0.5, 0.6) is 0 Å². The van der Waals surface area contributed by atoms with Gasteiger partial charge in [-0.05, 0) is 30.3 Å². The highest BCUT2D eigenvalue weighted by Gasteiger charge is 2.43. The largest absolute Gasteiger partial charge is 0.468 e. The average molecular weight is 394 g/mol. The number of rotatable bonds is 5. The van der Waals surface area contributed by atoms with Gasteiger partial charge in [0.25, 0.3) is 0 Å². The quantitative estimate of drug-likeness (QED) is 0.776. The third-order valence-electron chi connectivity index (χ3n) is 3.77. The standard InChI is InChI=1S/C14H13ClFNO5S2/c15-13-6-11(3-4-14(13)16)24(20,21)17-7-12(8-17)23(18,19)9-10-2-1-5-22-10/h1-6,12H,7-9H2. The number of halogens is 2. The van der Waals surface area contributed by atoms with Crippen LogP contribution in [-0.2, 0) is 25.6 Å². The molecule has 0 atom stereocenters. The van der Waals surface area contributed by atoms with E-state index in [2.05, 4.69) is 0 Å². The Morgan fingerprint density at radius 1 is 1.21 bits per heavy atom. The van der Waals surface area contributed by atoms with Crippen LogP contribution in [0.25, 0.3) is 0 Å². The molecule has 1 aliphatic heterocycles. The molecule has 1 aromatic heterocycles. The predicted molar refractivity (Wildman–Crippen MR) is 85.3 cm³/mol. The van der Waals surface area contributed by atoms with Gasteiger partial charge in [0.2, 0.25) is 10.0 Å². The van der Waals surface area contributed by atoms with Crippen molar-refractivity contribution in [3.8, 4) is 0 Å². The van der Waals surface area contributed by atoms with Crippen LogP contribution in [0.2, 0.25) is 5.02 Å². The number of hydrogen-bond donors (Lipinski definition) is 0. The smallest absolute Gasteiger partial charge is 0.243 e. The van der Waals surface area contributed by atoms with Gasteiger partial charge in [0.15, 0.2) is 9.84 Å². The lowest BCUT2D eigenvalue weighted by atomic mass is 10.3. The van der Waals surface area contributed by atoms with Crippen molar-refractivity contribution >= 4 is 31.5 Å². The van der Waals surface area contributed by atoms with E-state index in [1.165, 1.54) is 6.26 Å². The van der Waals surface area contributed by atoms with Crippen LogP contribution < -0.4 is 0 Å². The Labute approximate surface area is 143 Å². The molecule has 6 nitrogen and oxygen atoms in total. The SMILES string of the molecule is O=S(=O)(Cc1ccco1)C1CN(S(=O)(=O)c2ccc(F)c(Cl)c2)C1. The molecule has 0 unspecified atom stereocenters. The molecule has 130 valence electrons. The van der Waals surface area contributed by atoms with Gasteiger partial charge in [0.05, 0.1) is 21.4 Å². The molecule has 0 saturated carbocycles. The first-order valence-electron chi connectivity index (χ1n) is 6.89. The third-order valence-corrected chi connectivity index (χ3v) is 7.89. The zero-order valence-electron chi connectivity index (χ0n) is 12.2. The van der Waals surface area contributed by atoms with E-state index in [1.54, 1.807) is 12.1 Å². The zero-order valence-corrected chi connectivity index (χ0v) is 14.6. The second kappa shape index (κ2) is 6.14. The highest BCUT2D eigenvalue weighted by molar-refractivity contribution is 7.92. The lowest BCUT2D eigenvalue weighted by molar-refractivity contribution is 0.309. The van der Waals surface area contributed by atoms with Gasteiger partial charge < -0.3 is 4.42 Å². The number of nitrogens with zero attached hydrogens (tertiary/aromatic N) is 1. The summed E-state index contributed by atoms with van der Waals surface area (Å²) in [7, 11) is -7.43. The summed E-state index contributed by atoms with van der Waals surface area (Å²) in [4.78, 5) is -0.171. The Morgan fingerprint density at radius 2 is 1.92 bits per heavy atom. The van der Waals surface area contributed by atoms with Crippen LogP contribution >= 0.6 is 11.6 Å². The summed E-state index contributed by atoms with van der Waals surface area (Å²) < 4.78 is 68.5. The second-order valence-corrected chi connectivity index (χ2v) is 10.0. The van der Waals surface area contributed by atoms with E-state index in [4.69, 9.17) is 16.0 Å². The van der Waals surface area contributed by atoms with E-state index < -0.39 is 30.9 Å². The maximum atomic E-state index is 13.2. The molecule has 24 heavy (non-hydrogen) atoms. The van der Waals surface area contributed by atoms with Gasteiger partial charge in [-0.1, -0.05) is 11.6 Å². The Kier molecular flexibility index (Phi) is 4.45. The zero-order chi connectivity index (χ0) is 17.5. The van der Waals surface area contributed by atoms with Gasteiger partial charge in [-0.2, -0.15) is 4.31 Å². The summed E-state index contributed by atoms with van der Waals surface area (Å²) in [5.41, 5.74) is 0. The van der Waals surface area contributed by atoms with E-state index in [9.17, 15) is 21.2 Å². The summed E-state index contributed by atoms with van der Waals surface area (Å²) in [6.07, 6.45) is 1.38. The maximum absolute atomic E-state index is 13.2. The molecule has 0 N–H and O–H groups in total. The molecule has 0 aliphatic carbocycles. The number of hydrogen-bond acceptors (Lipinski definition) is 5. The fraction of sp³-hybridized carbons (Fsp3) is 0.286. The van der Waals surface area contributed by atoms with E-state index >= 15 is 0 Å². The van der Waals surface area contributed by atoms with Crippen LogP contribution in [0, 0.1) is 5.82 Å². The molecule has 10 heteroatoms. The molecule has 0 radical (unpaired) electrons. The predicted octanol–water partition coefficient (Wildman–Crippen LogP) is 2.06. The van der Waals surface area contributed by atoms with Gasteiger partial charge >= 0.3 is 0 Å². The van der Waals surface area contributed by atoms with E-state index in [0.29, 0.717) is 5.76 Å². The maximum Gasteiger partial charge on any atom is 0.243 e. The van der Waals surface area contributed by atoms with Crippen molar-refractivity contribution in [3.63, 3.8) is 0 Å². The van der Waals surface area contributed by atoms with Crippen molar-refractivity contribution < 1.29 is 25.6 Å². The molecule has 0 amide bonds. The number of sulfone groups is 1. The molecule has 1 aliphatic rings. The summed E-state index contributed by atoms with van der Waals surface area (Å²) in [6.45, 7) is -0.305. The van der Waals surface area contributed by atoms with Gasteiger partial charge in [-0.25, -0.2) is 21.2 Å². The number of furan rings is 1. The monoisotopic (exact) mass is 393 g/mol. The number of sulfonamides is 1. The first-order chi connectivity index (χ1) is 11.2. The molecular weight excluding hydrogens is 381 g/mol. The van der Waals surface area contributed by atoms with Gasteiger partial charge in [-0.15, -0.1) is 0 Å². The van der Waals surface area contributed by atoms with E-state index in [0.717, 1.165) is 22.5 Å². The molecule has 3 rings (SSSR count). The van der Waals surface area contributed by atoms with Crippen LogP contribution in [0.1, 0.15) is 5.76 Å². The summed E-state index contributed by atoms with van der Waals surface area (Å²) in [6, 6.07) is 6.20. The summed E-state index contributed by atoms with van der Waals surface area (Å²) in [5.74, 6) is -0.694. The van der Waals surface area contributed by atoms with Crippen molar-refractivity contribution in [1.82, 2.24) is 4.31 Å². The first-order valence-corrected chi connectivity index (χ1v) is 10.4. The summed E-state index contributed by atoms with van der Waals surface area (Å²) >= 11 is 5.60. The highest BCUT2D eigenvalue weighted by atomic mass is 35.5. The average Bonchev–Trinajstić information content (AvgIpc) is 2.91. The third kappa shape index (κ3) is 3.21. The molecule has 2 heterocycles. The molecule has 1 aromatic carbocycles. The van der Waals surface area contributed by atoms with Crippen molar-refractivity contribution in [2.45, 2.75) is 15.9 Å². The highest BCUT2D eigenvalue weighted by Crippen LogP contribution is 2.28. The Morgan fingerprint density at radius 3 is 2.50 bits per heavy atom. The fourth-order valence-electron chi connectivity index (χ4n) is 2.32. The first kappa shape index (κ1) is 17.4. The second-order valence-electron chi connectivity index (χ2n) is 5.41. The Hall–Kier alpha value is -1.42. The van der Waals surface area contributed by atoms with Gasteiger partial charge in [0, 0.05) is 13.1 Å². The van der Waals surface area contributed by atoms with E-state index in [1.807, 2.05) is 0 Å². The van der Waals surface area contributed by atoms with E-state index in [-0.39, 0.29) is 28.8 Å². The number of benzene rings is 1. The topological polar surface area (TPSA) is 84.7 Å². The Balaban J connectivity index is 1.72. The minimum Gasteiger partial charge on any atom is -0.468 e. The normalized spacial score (nSPS) is 16.9. The van der Waals surface area contributed by atoms with Gasteiger partial charge in [0.1, 0.15) is 17.3 Å². The minimum absolute atomic E-state index is 0.152. The molecule has 0 spiro atoms. The molecule has 0 bridgehead atoms. The fourth-order valence-corrected chi connectivity index (χ4v) is 5.92. The van der Waals surface area contributed by atoms with Gasteiger partial charge in [-0.3, -0.25) is 0 Å². The van der Waals surface area contributed by atoms with Crippen molar-refractivity contribution in [2.24, 2.45) is 0 Å². The molecule has 1 fully saturated rings. The minimum atomic E-state index is -3.90. The van der Waals surface area contributed by atoms with Crippen molar-refractivity contribution in [1.29, 1.82) is 0 Å². The van der Waals surface area contributed by atoms with Crippen molar-refractivity contribution in [3.05, 3.63) is 53.2 Å². The Bertz CT molecular complexity index is 951. The van der Waals surface area contributed by atoms with Crippen LogP contribution in [0.15, 0.2) is 45.9 Å². The molecule has 2 aromatic rings. The van der Waals surface area contributed by atoms with Crippen LogP contribution in [0.4, 0.5) is 4.39 Å². The van der Waals surface area contributed by atoms with Crippen LogP contribution in [-0.4, -0.2) is 39.5 Å². The lowest BCUT2D eigenvalue weighted by Crippen LogP contribution is -2.56. The molecular formula is C14H13ClFNO5S2. The summed E-state index contributed by atoms with van der Waals surface area (Å²) in [5, 5.41) is -1.10. The lowest BCUT2D eigenvalue weighted by Gasteiger charge is -2.37. The van der Waals surface area contributed by atoms with Crippen LogP contribution in [0.3, 0.4) is 0 Å². The molecule has 1 saturated heterocycles.